The molecule has 18 heavy (non-hydrogen) atoms. The van der Waals surface area contributed by atoms with Crippen LogP contribution in [0.25, 0.3) is 0 Å². The Morgan fingerprint density at radius 2 is 2.33 bits per heavy atom. The Labute approximate surface area is 110 Å². The molecule has 1 aromatic rings. The van der Waals surface area contributed by atoms with Gasteiger partial charge in [0.2, 0.25) is 0 Å². The van der Waals surface area contributed by atoms with Crippen molar-refractivity contribution in [3.63, 3.8) is 0 Å². The van der Waals surface area contributed by atoms with Crippen molar-refractivity contribution >= 4 is 0 Å². The first kappa shape index (κ1) is 13.5. The number of hydrogen-bond acceptors (Lipinski definition) is 3. The van der Waals surface area contributed by atoms with Gasteiger partial charge in [0.05, 0.1) is 6.10 Å². The maximum Gasteiger partial charge on any atom is 0.0710 e. The number of rotatable bonds is 5. The van der Waals surface area contributed by atoms with E-state index in [9.17, 15) is 0 Å². The molecule has 0 bridgehead atoms. The van der Waals surface area contributed by atoms with Crippen LogP contribution in [0.15, 0.2) is 24.3 Å². The highest BCUT2D eigenvalue weighted by atomic mass is 16.5. The van der Waals surface area contributed by atoms with Gasteiger partial charge in [-0.05, 0) is 25.3 Å². The van der Waals surface area contributed by atoms with Crippen molar-refractivity contribution in [3.05, 3.63) is 35.4 Å². The first-order chi connectivity index (χ1) is 8.69. The monoisotopic (exact) mass is 248 g/mol. The zero-order chi connectivity index (χ0) is 13.0. The lowest BCUT2D eigenvalue weighted by molar-refractivity contribution is 0.108. The normalized spacial score (nSPS) is 22.3. The smallest absolute Gasteiger partial charge is 0.0710 e. The van der Waals surface area contributed by atoms with Crippen LogP contribution in [0.1, 0.15) is 30.0 Å². The lowest BCUT2D eigenvalue weighted by atomic mass is 10.0. The van der Waals surface area contributed by atoms with Crippen molar-refractivity contribution in [1.82, 2.24) is 4.90 Å². The summed E-state index contributed by atoms with van der Waals surface area (Å²) in [5.41, 5.74) is 8.78. The van der Waals surface area contributed by atoms with E-state index in [-0.39, 0.29) is 6.04 Å². The van der Waals surface area contributed by atoms with Gasteiger partial charge in [0.25, 0.3) is 0 Å². The molecule has 3 heteroatoms. The van der Waals surface area contributed by atoms with Gasteiger partial charge in [0.1, 0.15) is 0 Å². The molecule has 100 valence electrons. The Bertz CT molecular complexity index is 381. The summed E-state index contributed by atoms with van der Waals surface area (Å²) in [6.07, 6.45) is 2.58. The summed E-state index contributed by atoms with van der Waals surface area (Å²) in [6.45, 7) is 5.37. The van der Waals surface area contributed by atoms with Gasteiger partial charge in [-0.3, -0.25) is 0 Å². The fraction of sp³-hybridized carbons (Fsp3) is 0.600. The first-order valence-electron chi connectivity index (χ1n) is 6.76. The molecule has 1 aliphatic rings. The molecule has 0 aromatic heterocycles. The molecule has 0 radical (unpaired) electrons. The Hall–Kier alpha value is -0.900. The lowest BCUT2D eigenvalue weighted by Gasteiger charge is -2.19. The van der Waals surface area contributed by atoms with Crippen LogP contribution in [0.3, 0.4) is 0 Å². The van der Waals surface area contributed by atoms with Crippen LogP contribution in [0.2, 0.25) is 0 Å². The second kappa shape index (κ2) is 6.32. The van der Waals surface area contributed by atoms with Crippen molar-refractivity contribution in [2.75, 3.05) is 26.7 Å². The van der Waals surface area contributed by atoms with E-state index in [0.717, 1.165) is 32.5 Å². The van der Waals surface area contributed by atoms with E-state index >= 15 is 0 Å². The lowest BCUT2D eigenvalue weighted by Crippen LogP contribution is -2.26. The van der Waals surface area contributed by atoms with Gasteiger partial charge in [0, 0.05) is 32.8 Å². The topological polar surface area (TPSA) is 38.5 Å². The van der Waals surface area contributed by atoms with Gasteiger partial charge in [-0.15, -0.1) is 0 Å². The van der Waals surface area contributed by atoms with Crippen LogP contribution in [0.4, 0.5) is 0 Å². The second-order valence-electron chi connectivity index (χ2n) is 5.26. The quantitative estimate of drug-likeness (QED) is 0.867. The third kappa shape index (κ3) is 3.55. The van der Waals surface area contributed by atoms with E-state index in [1.165, 1.54) is 11.1 Å². The van der Waals surface area contributed by atoms with E-state index < -0.39 is 0 Å². The standard InChI is InChI=1S/C15H24N2O/c1-12-4-3-5-13(10-12)15(16)7-9-17-8-6-14(11-17)18-2/h3-5,10,14-15H,6-9,11,16H2,1-2H3. The van der Waals surface area contributed by atoms with Crippen molar-refractivity contribution in [1.29, 1.82) is 0 Å². The molecule has 2 unspecified atom stereocenters. The summed E-state index contributed by atoms with van der Waals surface area (Å²) < 4.78 is 5.38. The zero-order valence-corrected chi connectivity index (χ0v) is 11.4. The Balaban J connectivity index is 1.80. The fourth-order valence-corrected chi connectivity index (χ4v) is 2.58. The van der Waals surface area contributed by atoms with Gasteiger partial charge >= 0.3 is 0 Å². The number of nitrogens with two attached hydrogens (primary N) is 1. The van der Waals surface area contributed by atoms with Crippen LogP contribution >= 0.6 is 0 Å². The highest BCUT2D eigenvalue weighted by Gasteiger charge is 2.22. The third-order valence-electron chi connectivity index (χ3n) is 3.79. The minimum atomic E-state index is 0.145. The second-order valence-corrected chi connectivity index (χ2v) is 5.26. The van der Waals surface area contributed by atoms with Crippen LogP contribution in [-0.4, -0.2) is 37.7 Å². The van der Waals surface area contributed by atoms with Crippen molar-refractivity contribution < 1.29 is 4.74 Å². The molecule has 2 N–H and O–H groups in total. The van der Waals surface area contributed by atoms with Crippen LogP contribution < -0.4 is 5.73 Å². The minimum Gasteiger partial charge on any atom is -0.380 e. The molecule has 1 aliphatic heterocycles. The predicted octanol–water partition coefficient (Wildman–Crippen LogP) is 2.11. The molecule has 1 heterocycles. The fourth-order valence-electron chi connectivity index (χ4n) is 2.58. The van der Waals surface area contributed by atoms with Gasteiger partial charge in [-0.1, -0.05) is 29.8 Å². The van der Waals surface area contributed by atoms with Gasteiger partial charge in [-0.2, -0.15) is 0 Å². The summed E-state index contributed by atoms with van der Waals surface area (Å²) in [7, 11) is 1.80. The molecule has 1 fully saturated rings. The summed E-state index contributed by atoms with van der Waals surface area (Å²) in [6, 6.07) is 8.65. The van der Waals surface area contributed by atoms with E-state index in [1.54, 1.807) is 7.11 Å². The largest absolute Gasteiger partial charge is 0.380 e. The third-order valence-corrected chi connectivity index (χ3v) is 3.79. The van der Waals surface area contributed by atoms with Crippen molar-refractivity contribution in [3.8, 4) is 0 Å². The maximum absolute atomic E-state index is 6.25. The molecule has 1 saturated heterocycles. The van der Waals surface area contributed by atoms with Crippen LogP contribution in [0, 0.1) is 6.92 Å². The van der Waals surface area contributed by atoms with E-state index in [1.807, 2.05) is 0 Å². The highest BCUT2D eigenvalue weighted by Crippen LogP contribution is 2.18. The minimum absolute atomic E-state index is 0.145. The number of benzene rings is 1. The van der Waals surface area contributed by atoms with Gasteiger partial charge in [-0.25, -0.2) is 0 Å². The Kier molecular flexibility index (Phi) is 4.75. The number of nitrogens with zero attached hydrogens (tertiary/aromatic N) is 1. The summed E-state index contributed by atoms with van der Waals surface area (Å²) in [5, 5.41) is 0. The number of likely N-dealkylation sites (tertiary alicyclic amines) is 1. The molecule has 0 spiro atoms. The Morgan fingerprint density at radius 3 is 3.00 bits per heavy atom. The summed E-state index contributed by atoms with van der Waals surface area (Å²) in [4.78, 5) is 2.45. The van der Waals surface area contributed by atoms with E-state index in [0.29, 0.717) is 6.10 Å². The molecule has 2 rings (SSSR count). The maximum atomic E-state index is 6.25. The average molecular weight is 248 g/mol. The van der Waals surface area contributed by atoms with E-state index in [2.05, 4.69) is 36.1 Å². The summed E-state index contributed by atoms with van der Waals surface area (Å²) in [5.74, 6) is 0. The molecular formula is C15H24N2O. The molecular weight excluding hydrogens is 224 g/mol. The molecule has 1 aromatic carbocycles. The number of hydrogen-bond donors (Lipinski definition) is 1. The molecule has 0 aliphatic carbocycles. The predicted molar refractivity (Wildman–Crippen MR) is 74.6 cm³/mol. The zero-order valence-electron chi connectivity index (χ0n) is 11.4. The number of aryl methyl sites for hydroxylation is 1. The van der Waals surface area contributed by atoms with Gasteiger partial charge in [0.15, 0.2) is 0 Å². The molecule has 3 nitrogen and oxygen atoms in total. The highest BCUT2D eigenvalue weighted by molar-refractivity contribution is 5.24. The number of methoxy groups -OCH3 is 1. The molecule has 0 amide bonds. The summed E-state index contributed by atoms with van der Waals surface area (Å²) >= 11 is 0. The van der Waals surface area contributed by atoms with E-state index in [4.69, 9.17) is 10.5 Å². The number of ether oxygens (including phenoxy) is 1. The Morgan fingerprint density at radius 1 is 1.50 bits per heavy atom. The first-order valence-corrected chi connectivity index (χ1v) is 6.76. The molecule has 0 saturated carbocycles. The molecule has 2 atom stereocenters. The van der Waals surface area contributed by atoms with Gasteiger partial charge < -0.3 is 15.4 Å². The SMILES string of the molecule is COC1CCN(CCC(N)c2cccc(C)c2)C1. The van der Waals surface area contributed by atoms with Crippen molar-refractivity contribution in [2.24, 2.45) is 5.73 Å². The van der Waals surface area contributed by atoms with Crippen LogP contribution in [-0.2, 0) is 4.74 Å². The average Bonchev–Trinajstić information content (AvgIpc) is 2.84. The van der Waals surface area contributed by atoms with Crippen LogP contribution in [0.5, 0.6) is 0 Å². The van der Waals surface area contributed by atoms with Crippen molar-refractivity contribution in [2.45, 2.75) is 31.9 Å².